The highest BCUT2D eigenvalue weighted by Crippen LogP contribution is 2.35. The first-order valence-electron chi connectivity index (χ1n) is 10.5. The molecule has 4 rings (SSSR count). The third kappa shape index (κ3) is 4.99. The molecule has 2 N–H and O–H groups in total. The first kappa shape index (κ1) is 25.4. The van der Waals surface area contributed by atoms with Gasteiger partial charge in [0.15, 0.2) is 15.2 Å². The van der Waals surface area contributed by atoms with E-state index in [1.807, 2.05) is 0 Å². The molecule has 2 aromatic rings. The van der Waals surface area contributed by atoms with Crippen LogP contribution in [0.4, 0.5) is 0 Å². The summed E-state index contributed by atoms with van der Waals surface area (Å²) in [5, 5.41) is 16.9. The van der Waals surface area contributed by atoms with Crippen LogP contribution >= 0.6 is 0 Å². The van der Waals surface area contributed by atoms with E-state index in [1.54, 1.807) is 30.3 Å². The van der Waals surface area contributed by atoms with Gasteiger partial charge in [0.25, 0.3) is 11.8 Å². The number of rotatable bonds is 7. The molecule has 1 atom stereocenters. The van der Waals surface area contributed by atoms with Crippen molar-refractivity contribution >= 4 is 45.3 Å². The van der Waals surface area contributed by atoms with E-state index in [0.717, 1.165) is 12.1 Å². The number of benzene rings is 1. The van der Waals surface area contributed by atoms with Crippen LogP contribution < -0.4 is 0 Å². The number of carboxylic acids is 2. The number of pyridine rings is 1. The van der Waals surface area contributed by atoms with Gasteiger partial charge in [-0.2, -0.15) is 0 Å². The van der Waals surface area contributed by atoms with E-state index in [2.05, 4.69) is 9.98 Å². The molecular weight excluding hydrogens is 510 g/mol. The Morgan fingerprint density at radius 1 is 1.00 bits per heavy atom. The predicted octanol–water partition coefficient (Wildman–Crippen LogP) is 0.0823. The van der Waals surface area contributed by atoms with Gasteiger partial charge in [-0.3, -0.25) is 14.5 Å². The zero-order chi connectivity index (χ0) is 26.9. The summed E-state index contributed by atoms with van der Waals surface area (Å²) in [7, 11) is -4.25. The molecule has 190 valence electrons. The lowest BCUT2D eigenvalue weighted by Gasteiger charge is -2.44. The molecule has 2 aliphatic rings. The van der Waals surface area contributed by atoms with Gasteiger partial charge in [0.2, 0.25) is 0 Å². The highest BCUT2D eigenvalue weighted by atomic mass is 32.2. The van der Waals surface area contributed by atoms with Gasteiger partial charge in [-0.1, -0.05) is 36.4 Å². The van der Waals surface area contributed by atoms with Gasteiger partial charge in [0.05, 0.1) is 12.2 Å². The van der Waals surface area contributed by atoms with E-state index in [9.17, 15) is 37.5 Å². The average Bonchev–Trinajstić information content (AvgIpc) is 2.85. The maximum absolute atomic E-state index is 12.9. The molecule has 1 aromatic carbocycles. The van der Waals surface area contributed by atoms with Crippen molar-refractivity contribution in [3.8, 4) is 0 Å². The van der Waals surface area contributed by atoms with Crippen LogP contribution in [-0.4, -0.2) is 81.7 Å². The number of carbonyl (C=O) groups is 5. The minimum atomic E-state index is -4.25. The van der Waals surface area contributed by atoms with E-state index in [0.29, 0.717) is 10.5 Å². The van der Waals surface area contributed by atoms with Gasteiger partial charge in [0, 0.05) is 5.57 Å². The third-order valence-electron chi connectivity index (χ3n) is 5.40. The topological polar surface area (TPSA) is 198 Å². The maximum Gasteiger partial charge on any atom is 0.357 e. The highest BCUT2D eigenvalue weighted by molar-refractivity contribution is 7.93. The molecule has 1 fully saturated rings. The highest BCUT2D eigenvalue weighted by Gasteiger charge is 2.58. The van der Waals surface area contributed by atoms with Crippen LogP contribution in [0.15, 0.2) is 64.8 Å². The molecule has 2 amide bonds. The summed E-state index contributed by atoms with van der Waals surface area (Å²) >= 11 is 0. The Hall–Kier alpha value is -4.72. The second kappa shape index (κ2) is 9.73. The Bertz CT molecular complexity index is 1510. The molecule has 3 heterocycles. The molecule has 1 saturated heterocycles. The number of ether oxygens (including phenoxy) is 1. The molecular formula is C23H17N3O10S. The van der Waals surface area contributed by atoms with Gasteiger partial charge in [-0.15, -0.1) is 0 Å². The zero-order valence-corrected chi connectivity index (χ0v) is 19.5. The van der Waals surface area contributed by atoms with Gasteiger partial charge in [0.1, 0.15) is 29.4 Å². The number of carbonyl (C=O) groups excluding carboxylic acids is 3. The minimum Gasteiger partial charge on any atom is -0.477 e. The summed E-state index contributed by atoms with van der Waals surface area (Å²) < 4.78 is 30.8. The van der Waals surface area contributed by atoms with Crippen molar-refractivity contribution in [3.05, 3.63) is 76.8 Å². The number of sulfone groups is 1. The molecule has 37 heavy (non-hydrogen) atoms. The number of aromatic carboxylic acids is 1. The normalized spacial score (nSPS) is 19.1. The van der Waals surface area contributed by atoms with Crippen molar-refractivity contribution < 1.29 is 47.3 Å². The Balaban J connectivity index is 1.57. The fourth-order valence-electron chi connectivity index (χ4n) is 3.81. The Labute approximate surface area is 208 Å². The van der Waals surface area contributed by atoms with Crippen LogP contribution in [0.3, 0.4) is 0 Å². The minimum absolute atomic E-state index is 0.190. The van der Waals surface area contributed by atoms with Crippen LogP contribution in [0.2, 0.25) is 0 Å². The monoisotopic (exact) mass is 527 g/mol. The van der Waals surface area contributed by atoms with Crippen LogP contribution in [0, 0.1) is 0 Å². The molecule has 13 nitrogen and oxygen atoms in total. The quantitative estimate of drug-likeness (QED) is 0.365. The molecule has 14 heteroatoms. The van der Waals surface area contributed by atoms with Crippen molar-refractivity contribution in [1.29, 1.82) is 0 Å². The van der Waals surface area contributed by atoms with E-state index < -0.39 is 85.7 Å². The number of esters is 1. The number of aliphatic imine (C=N–C) groups is 1. The zero-order valence-electron chi connectivity index (χ0n) is 18.7. The Morgan fingerprint density at radius 2 is 1.68 bits per heavy atom. The van der Waals surface area contributed by atoms with Gasteiger partial charge in [-0.05, 0) is 17.7 Å². The molecule has 0 aliphatic carbocycles. The number of aromatic nitrogens is 1. The lowest BCUT2D eigenvalue weighted by atomic mass is 10.1. The molecule has 0 unspecified atom stereocenters. The second-order valence-electron chi connectivity index (χ2n) is 7.93. The molecule has 0 spiro atoms. The number of fused-ring (bicyclic) bond motifs is 1. The summed E-state index contributed by atoms with van der Waals surface area (Å²) in [5.74, 6) is -6.92. The van der Waals surface area contributed by atoms with E-state index in [4.69, 9.17) is 9.84 Å². The predicted molar refractivity (Wildman–Crippen MR) is 123 cm³/mol. The van der Waals surface area contributed by atoms with Gasteiger partial charge in [-0.25, -0.2) is 32.8 Å². The van der Waals surface area contributed by atoms with E-state index in [1.165, 1.54) is 6.07 Å². The van der Waals surface area contributed by atoms with Crippen LogP contribution in [0.5, 0.6) is 0 Å². The summed E-state index contributed by atoms with van der Waals surface area (Å²) in [6, 6.07) is 11.9. The number of aliphatic carboxylic acids is 1. The maximum atomic E-state index is 12.9. The van der Waals surface area contributed by atoms with Crippen molar-refractivity contribution in [3.63, 3.8) is 0 Å². The summed E-state index contributed by atoms with van der Waals surface area (Å²) in [4.78, 5) is 68.1. The first-order valence-corrected chi connectivity index (χ1v) is 12.2. The lowest BCUT2D eigenvalue weighted by molar-refractivity contribution is -0.139. The third-order valence-corrected chi connectivity index (χ3v) is 7.26. The molecule has 2 aliphatic heterocycles. The van der Waals surface area contributed by atoms with Crippen molar-refractivity contribution in [2.24, 2.45) is 4.99 Å². The largest absolute Gasteiger partial charge is 0.477 e. The summed E-state index contributed by atoms with van der Waals surface area (Å²) in [6.45, 7) is -0.825. The Morgan fingerprint density at radius 3 is 2.32 bits per heavy atom. The first-order chi connectivity index (χ1) is 17.5. The number of β-lactam (4-membered cyclic amide) rings is 1. The Kier molecular flexibility index (Phi) is 6.68. The molecule has 0 bridgehead atoms. The van der Waals surface area contributed by atoms with Gasteiger partial charge >= 0.3 is 17.9 Å². The van der Waals surface area contributed by atoms with Crippen LogP contribution in [0.25, 0.3) is 0 Å². The van der Waals surface area contributed by atoms with E-state index >= 15 is 0 Å². The second-order valence-corrected chi connectivity index (χ2v) is 10.00. The number of hydrogen-bond donors (Lipinski definition) is 2. The summed E-state index contributed by atoms with van der Waals surface area (Å²) in [5.41, 5.74) is -1.95. The van der Waals surface area contributed by atoms with Crippen LogP contribution in [-0.2, 0) is 35.4 Å². The van der Waals surface area contributed by atoms with Crippen molar-refractivity contribution in [2.45, 2.75) is 11.8 Å². The van der Waals surface area contributed by atoms with E-state index in [-0.39, 0.29) is 6.42 Å². The van der Waals surface area contributed by atoms with Crippen molar-refractivity contribution in [1.82, 2.24) is 9.88 Å². The van der Waals surface area contributed by atoms with Gasteiger partial charge < -0.3 is 14.9 Å². The fraction of sp³-hybridized carbons (Fsp3) is 0.174. The number of nitrogens with zero attached hydrogens (tertiary/aromatic N) is 3. The molecule has 0 saturated carbocycles. The molecule has 1 aromatic heterocycles. The SMILES string of the molecule is O=C(Cc1ccccc1)N=C1C(=O)N2C(C(=O)O)=C(COC(=O)c3cccc(C(=O)O)n3)CS(=O)(=O)[C@H]12. The smallest absolute Gasteiger partial charge is 0.357 e. The number of hydrogen-bond acceptors (Lipinski definition) is 9. The van der Waals surface area contributed by atoms with Crippen molar-refractivity contribution in [2.75, 3.05) is 12.4 Å². The molecule has 0 radical (unpaired) electrons. The average molecular weight is 527 g/mol. The lowest BCUT2D eigenvalue weighted by Crippen LogP contribution is -2.68. The number of amides is 2. The standard InChI is InChI=1S/C23H17N3O10S/c27-16(9-12-5-2-1-3-6-12)25-17-19(28)26-18(22(31)32)13(11-37(34,35)20(17)26)10-36-23(33)15-8-4-7-14(24-15)21(29)30/h1-8,20H,9-11H2,(H,29,30)(H,31,32)/t20-/m1/s1. The summed E-state index contributed by atoms with van der Waals surface area (Å²) in [6.07, 6.45) is -0.190. The fourth-order valence-corrected chi connectivity index (χ4v) is 5.69. The number of carboxylic acid groups (broad SMARTS) is 2. The van der Waals surface area contributed by atoms with Crippen LogP contribution in [0.1, 0.15) is 26.5 Å².